The van der Waals surface area contributed by atoms with Crippen LogP contribution in [-0.2, 0) is 0 Å². The zero-order chi connectivity index (χ0) is 11.5. The van der Waals surface area contributed by atoms with Gasteiger partial charge in [-0.15, -0.1) is 0 Å². The number of benzene rings is 1. The number of rotatable bonds is 2. The standard InChI is InChI=1S/C12H18FN3/c1-15(2)10-3-4-12(11(13)9-10)16-7-5-14-6-8-16/h3-4,9,14H,5-8H2,1-2H3. The van der Waals surface area contributed by atoms with Crippen LogP contribution >= 0.6 is 0 Å². The molecule has 1 heterocycles. The molecule has 0 amide bonds. The zero-order valence-corrected chi connectivity index (χ0v) is 9.83. The minimum absolute atomic E-state index is 0.131. The molecule has 0 aromatic heterocycles. The van der Waals surface area contributed by atoms with Gasteiger partial charge in [-0.25, -0.2) is 4.39 Å². The van der Waals surface area contributed by atoms with Gasteiger partial charge in [-0.2, -0.15) is 0 Å². The number of piperazine rings is 1. The Balaban J connectivity index is 2.21. The summed E-state index contributed by atoms with van der Waals surface area (Å²) in [5.41, 5.74) is 1.61. The Kier molecular flexibility index (Phi) is 3.29. The predicted octanol–water partition coefficient (Wildman–Crippen LogP) is 1.30. The van der Waals surface area contributed by atoms with E-state index >= 15 is 0 Å². The van der Waals surface area contributed by atoms with Crippen LogP contribution in [0.4, 0.5) is 15.8 Å². The first-order chi connectivity index (χ1) is 7.68. The monoisotopic (exact) mass is 223 g/mol. The zero-order valence-electron chi connectivity index (χ0n) is 9.83. The number of halogens is 1. The lowest BCUT2D eigenvalue weighted by Gasteiger charge is -2.30. The molecule has 0 saturated carbocycles. The molecule has 1 saturated heterocycles. The number of hydrogen-bond donors (Lipinski definition) is 1. The van der Waals surface area contributed by atoms with Gasteiger partial charge in [0.25, 0.3) is 0 Å². The van der Waals surface area contributed by atoms with Crippen LogP contribution in [0.15, 0.2) is 18.2 Å². The summed E-state index contributed by atoms with van der Waals surface area (Å²) in [6.07, 6.45) is 0. The molecule has 1 aliphatic heterocycles. The molecule has 1 aliphatic rings. The van der Waals surface area contributed by atoms with Gasteiger partial charge in [0.05, 0.1) is 5.69 Å². The number of nitrogens with zero attached hydrogens (tertiary/aromatic N) is 2. The van der Waals surface area contributed by atoms with Crippen molar-refractivity contribution in [2.75, 3.05) is 50.1 Å². The Bertz CT molecular complexity index is 359. The van der Waals surface area contributed by atoms with Gasteiger partial charge >= 0.3 is 0 Å². The van der Waals surface area contributed by atoms with E-state index in [2.05, 4.69) is 10.2 Å². The maximum Gasteiger partial charge on any atom is 0.148 e. The van der Waals surface area contributed by atoms with E-state index in [-0.39, 0.29) is 5.82 Å². The maximum absolute atomic E-state index is 13.9. The van der Waals surface area contributed by atoms with E-state index in [0.717, 1.165) is 31.9 Å². The summed E-state index contributed by atoms with van der Waals surface area (Å²) in [5, 5.41) is 3.26. The average molecular weight is 223 g/mol. The molecule has 1 aromatic carbocycles. The smallest absolute Gasteiger partial charge is 0.148 e. The third kappa shape index (κ3) is 2.27. The van der Waals surface area contributed by atoms with Gasteiger partial charge in [-0.05, 0) is 18.2 Å². The van der Waals surface area contributed by atoms with E-state index in [0.29, 0.717) is 5.69 Å². The second kappa shape index (κ2) is 4.70. The largest absolute Gasteiger partial charge is 0.378 e. The third-order valence-corrected chi connectivity index (χ3v) is 2.91. The maximum atomic E-state index is 13.9. The van der Waals surface area contributed by atoms with E-state index < -0.39 is 0 Å². The summed E-state index contributed by atoms with van der Waals surface area (Å²) in [6.45, 7) is 3.60. The van der Waals surface area contributed by atoms with Gasteiger partial charge in [-0.3, -0.25) is 0 Å². The van der Waals surface area contributed by atoms with Crippen LogP contribution in [0.5, 0.6) is 0 Å². The molecule has 0 unspecified atom stereocenters. The SMILES string of the molecule is CN(C)c1ccc(N2CCNCC2)c(F)c1. The van der Waals surface area contributed by atoms with Crippen molar-refractivity contribution in [3.8, 4) is 0 Å². The lowest BCUT2D eigenvalue weighted by atomic mass is 10.2. The highest BCUT2D eigenvalue weighted by Crippen LogP contribution is 2.24. The van der Waals surface area contributed by atoms with Crippen LogP contribution in [0.3, 0.4) is 0 Å². The summed E-state index contributed by atoms with van der Waals surface area (Å²) >= 11 is 0. The van der Waals surface area contributed by atoms with Crippen LogP contribution in [0.1, 0.15) is 0 Å². The van der Waals surface area contributed by atoms with Crippen LogP contribution in [0.25, 0.3) is 0 Å². The molecule has 16 heavy (non-hydrogen) atoms. The van der Waals surface area contributed by atoms with E-state index in [4.69, 9.17) is 0 Å². The lowest BCUT2D eigenvalue weighted by molar-refractivity contribution is 0.566. The molecule has 0 radical (unpaired) electrons. The summed E-state index contributed by atoms with van der Waals surface area (Å²) in [7, 11) is 3.83. The first-order valence-corrected chi connectivity index (χ1v) is 5.61. The first-order valence-electron chi connectivity index (χ1n) is 5.61. The molecule has 0 bridgehead atoms. The van der Waals surface area contributed by atoms with Gasteiger partial charge in [-0.1, -0.05) is 0 Å². The summed E-state index contributed by atoms with van der Waals surface area (Å²) in [5.74, 6) is -0.131. The minimum atomic E-state index is -0.131. The topological polar surface area (TPSA) is 18.5 Å². The molecular formula is C12H18FN3. The quantitative estimate of drug-likeness (QED) is 0.815. The number of hydrogen-bond acceptors (Lipinski definition) is 3. The van der Waals surface area contributed by atoms with Crippen molar-refractivity contribution in [1.29, 1.82) is 0 Å². The fraction of sp³-hybridized carbons (Fsp3) is 0.500. The van der Waals surface area contributed by atoms with Crippen LogP contribution in [0.2, 0.25) is 0 Å². The number of anilines is 2. The predicted molar refractivity (Wildman–Crippen MR) is 65.8 cm³/mol. The molecule has 4 heteroatoms. The highest BCUT2D eigenvalue weighted by molar-refractivity contribution is 5.57. The van der Waals surface area contributed by atoms with Crippen molar-refractivity contribution >= 4 is 11.4 Å². The first kappa shape index (κ1) is 11.2. The van der Waals surface area contributed by atoms with Crippen molar-refractivity contribution in [1.82, 2.24) is 5.32 Å². The average Bonchev–Trinajstić information content (AvgIpc) is 2.30. The molecule has 1 aromatic rings. The molecule has 0 atom stereocenters. The van der Waals surface area contributed by atoms with E-state index in [1.807, 2.05) is 31.1 Å². The Hall–Kier alpha value is -1.29. The van der Waals surface area contributed by atoms with E-state index in [1.54, 1.807) is 6.07 Å². The lowest BCUT2D eigenvalue weighted by Crippen LogP contribution is -2.43. The van der Waals surface area contributed by atoms with Gasteiger partial charge in [0.15, 0.2) is 0 Å². The van der Waals surface area contributed by atoms with Crippen molar-refractivity contribution in [2.24, 2.45) is 0 Å². The minimum Gasteiger partial charge on any atom is -0.378 e. The molecule has 0 spiro atoms. The fourth-order valence-corrected chi connectivity index (χ4v) is 1.94. The third-order valence-electron chi connectivity index (χ3n) is 2.91. The second-order valence-corrected chi connectivity index (χ2v) is 4.27. The van der Waals surface area contributed by atoms with E-state index in [9.17, 15) is 4.39 Å². The van der Waals surface area contributed by atoms with Crippen molar-refractivity contribution in [3.05, 3.63) is 24.0 Å². The summed E-state index contributed by atoms with van der Waals surface area (Å²) < 4.78 is 13.9. The van der Waals surface area contributed by atoms with Crippen LogP contribution in [0, 0.1) is 5.82 Å². The van der Waals surface area contributed by atoms with Crippen molar-refractivity contribution in [3.63, 3.8) is 0 Å². The summed E-state index contributed by atoms with van der Waals surface area (Å²) in [4.78, 5) is 4.00. The number of nitrogens with one attached hydrogen (secondary N) is 1. The Labute approximate surface area is 95.9 Å². The molecule has 1 fully saturated rings. The molecular weight excluding hydrogens is 205 g/mol. The molecule has 88 valence electrons. The highest BCUT2D eigenvalue weighted by atomic mass is 19.1. The van der Waals surface area contributed by atoms with Crippen molar-refractivity contribution < 1.29 is 4.39 Å². The van der Waals surface area contributed by atoms with Gasteiger partial charge in [0.2, 0.25) is 0 Å². The summed E-state index contributed by atoms with van der Waals surface area (Å²) in [6, 6.07) is 5.42. The molecule has 1 N–H and O–H groups in total. The molecule has 2 rings (SSSR count). The van der Waals surface area contributed by atoms with Crippen LogP contribution in [-0.4, -0.2) is 40.3 Å². The van der Waals surface area contributed by atoms with Gasteiger partial charge < -0.3 is 15.1 Å². The Morgan fingerprint density at radius 1 is 1.25 bits per heavy atom. The van der Waals surface area contributed by atoms with Gasteiger partial charge in [0, 0.05) is 46.0 Å². The fourth-order valence-electron chi connectivity index (χ4n) is 1.94. The van der Waals surface area contributed by atoms with Gasteiger partial charge in [0.1, 0.15) is 5.82 Å². The Morgan fingerprint density at radius 3 is 2.50 bits per heavy atom. The van der Waals surface area contributed by atoms with Crippen LogP contribution < -0.4 is 15.1 Å². The Morgan fingerprint density at radius 2 is 1.94 bits per heavy atom. The highest BCUT2D eigenvalue weighted by Gasteiger charge is 2.14. The molecule has 0 aliphatic carbocycles. The second-order valence-electron chi connectivity index (χ2n) is 4.27. The molecule has 3 nitrogen and oxygen atoms in total. The van der Waals surface area contributed by atoms with E-state index in [1.165, 1.54) is 0 Å². The van der Waals surface area contributed by atoms with Crippen molar-refractivity contribution in [2.45, 2.75) is 0 Å². The normalized spacial score (nSPS) is 16.3.